The predicted octanol–water partition coefficient (Wildman–Crippen LogP) is 2.92. The highest BCUT2D eigenvalue weighted by molar-refractivity contribution is 7.93. The largest absolute Gasteiger partial charge is 0.496 e. The van der Waals surface area contributed by atoms with E-state index in [-0.39, 0.29) is 22.7 Å². The molecule has 44 heavy (non-hydrogen) atoms. The summed E-state index contributed by atoms with van der Waals surface area (Å²) in [5.74, 6) is 0.768. The number of carbonyl (C=O) groups excluding carboxylic acids is 1. The molecule has 6 rings (SSSR count). The maximum atomic E-state index is 15.0. The van der Waals surface area contributed by atoms with Crippen LogP contribution in [0.25, 0.3) is 0 Å². The molecule has 0 bridgehead atoms. The van der Waals surface area contributed by atoms with Gasteiger partial charge in [0.25, 0.3) is 17.7 Å². The van der Waals surface area contributed by atoms with Gasteiger partial charge < -0.3 is 24.5 Å². The van der Waals surface area contributed by atoms with Gasteiger partial charge in [-0.1, -0.05) is 40.4 Å². The lowest BCUT2D eigenvalue weighted by Gasteiger charge is -2.50. The van der Waals surface area contributed by atoms with Crippen molar-refractivity contribution in [3.63, 3.8) is 0 Å². The monoisotopic (exact) mass is 625 g/mol. The number of hydrogen-bond acceptors (Lipinski definition) is 10. The lowest BCUT2D eigenvalue weighted by atomic mass is 10.0. The first-order chi connectivity index (χ1) is 21.3. The molecule has 7 atom stereocenters. The van der Waals surface area contributed by atoms with Gasteiger partial charge in [-0.3, -0.25) is 4.74 Å². The van der Waals surface area contributed by atoms with E-state index in [1.54, 1.807) is 25.4 Å². The molecule has 3 aromatic rings. The van der Waals surface area contributed by atoms with Crippen LogP contribution in [0.15, 0.2) is 66.1 Å². The quantitative estimate of drug-likeness (QED) is 0.272. The Balaban J connectivity index is 1.63. The highest BCUT2D eigenvalue weighted by Gasteiger charge is 2.70. The number of amides is 2. The highest BCUT2D eigenvalue weighted by atomic mass is 32.2. The van der Waals surface area contributed by atoms with Crippen LogP contribution in [0.1, 0.15) is 32.4 Å². The Labute approximate surface area is 262 Å². The Morgan fingerprint density at radius 2 is 1.91 bits per heavy atom. The number of aryl methyl sites for hydroxylation is 1. The average molecular weight is 626 g/mol. The van der Waals surface area contributed by atoms with Gasteiger partial charge in [-0.15, -0.1) is 15.2 Å². The minimum atomic E-state index is -0.847. The van der Waals surface area contributed by atoms with Gasteiger partial charge in [-0.05, 0) is 39.0 Å². The number of rotatable bonds is 9. The van der Waals surface area contributed by atoms with Gasteiger partial charge >= 0.3 is 6.03 Å². The fraction of sp³-hybridized carbons (Fsp3) is 0.500. The average Bonchev–Trinajstić information content (AvgIpc) is 3.73. The minimum absolute atomic E-state index is 0.109. The molecule has 3 fully saturated rings. The van der Waals surface area contributed by atoms with Gasteiger partial charge in [0.1, 0.15) is 24.7 Å². The number of hydrogen-bond donors (Lipinski definition) is 2. The van der Waals surface area contributed by atoms with E-state index < -0.39 is 31.0 Å². The molecule has 0 aliphatic carbocycles. The van der Waals surface area contributed by atoms with E-state index in [0.717, 1.165) is 17.0 Å². The van der Waals surface area contributed by atoms with Crippen LogP contribution in [0, 0.1) is 0 Å². The minimum Gasteiger partial charge on any atom is -0.496 e. The summed E-state index contributed by atoms with van der Waals surface area (Å²) >= 11 is 1.38. The van der Waals surface area contributed by atoms with Crippen molar-refractivity contribution in [3.8, 4) is 5.75 Å². The number of nitrogens with one attached hydrogen (secondary N) is 1. The lowest BCUT2D eigenvalue weighted by molar-refractivity contribution is -0.969. The Kier molecular flexibility index (Phi) is 8.84. The maximum absolute atomic E-state index is 15.0. The van der Waals surface area contributed by atoms with Crippen molar-refractivity contribution < 1.29 is 28.1 Å². The Morgan fingerprint density at radius 3 is 2.57 bits per heavy atom. The molecule has 7 unspecified atom stereocenters. The van der Waals surface area contributed by atoms with E-state index in [4.69, 9.17) is 14.2 Å². The molecular formula is C30H41N8O5S+. The van der Waals surface area contributed by atoms with E-state index in [0.29, 0.717) is 24.8 Å². The first-order valence-electron chi connectivity index (χ1n) is 14.9. The standard InChI is InChI=1S/C30H41N8O5S/c1-20(21(2)39)37-30(40)36(23-11-7-6-8-12-23)29(35-16-15-31-17-25(35)24-13-9-10-14-26(24)41-5)38(37,27-18-42-22(3)43-27)44-28-33-32-19-34(28)4/h6-14,19-22,25,27,29,31,39H,15-18H2,1-5H3/q+1. The van der Waals surface area contributed by atoms with Gasteiger partial charge in [-0.25, -0.2) is 14.6 Å². The predicted molar refractivity (Wildman–Crippen MR) is 164 cm³/mol. The number of para-hydroxylation sites is 2. The van der Waals surface area contributed by atoms with Crippen LogP contribution in [0.2, 0.25) is 0 Å². The molecule has 2 aromatic carbocycles. The number of benzene rings is 2. The third kappa shape index (κ3) is 5.23. The zero-order valence-corrected chi connectivity index (χ0v) is 26.5. The maximum Gasteiger partial charge on any atom is 0.376 e. The second-order valence-corrected chi connectivity index (χ2v) is 12.5. The van der Waals surface area contributed by atoms with Crippen LogP contribution in [-0.4, -0.2) is 104 Å². The molecule has 1 aromatic heterocycles. The molecule has 3 aliphatic rings. The lowest BCUT2D eigenvalue weighted by Crippen LogP contribution is -2.71. The summed E-state index contributed by atoms with van der Waals surface area (Å²) in [4.78, 5) is 19.2. The molecule has 2 amide bonds. The third-order valence-corrected chi connectivity index (χ3v) is 10.1. The second kappa shape index (κ2) is 12.6. The van der Waals surface area contributed by atoms with Crippen molar-refractivity contribution in [2.75, 3.05) is 38.3 Å². The Hall–Kier alpha value is -3.24. The van der Waals surface area contributed by atoms with Crippen molar-refractivity contribution in [2.24, 2.45) is 7.05 Å². The van der Waals surface area contributed by atoms with Crippen LogP contribution in [-0.2, 0) is 16.5 Å². The molecule has 3 aliphatic heterocycles. The number of aliphatic hydroxyl groups is 1. The Morgan fingerprint density at radius 1 is 1.16 bits per heavy atom. The van der Waals surface area contributed by atoms with Gasteiger partial charge in [0.15, 0.2) is 18.2 Å². The zero-order chi connectivity index (χ0) is 31.0. The van der Waals surface area contributed by atoms with Crippen molar-refractivity contribution >= 4 is 23.7 Å². The van der Waals surface area contributed by atoms with Crippen molar-refractivity contribution in [1.29, 1.82) is 0 Å². The molecule has 236 valence electrons. The second-order valence-electron chi connectivity index (χ2n) is 11.3. The van der Waals surface area contributed by atoms with Crippen molar-refractivity contribution in [3.05, 3.63) is 66.5 Å². The summed E-state index contributed by atoms with van der Waals surface area (Å²) < 4.78 is 20.1. The topological polar surface area (TPSA) is 117 Å². The summed E-state index contributed by atoms with van der Waals surface area (Å²) in [5, 5.41) is 25.6. The fourth-order valence-electron chi connectivity index (χ4n) is 6.34. The van der Waals surface area contributed by atoms with Crippen molar-refractivity contribution in [1.82, 2.24) is 30.0 Å². The molecule has 2 N–H and O–H groups in total. The number of piperazine rings is 1. The van der Waals surface area contributed by atoms with Crippen molar-refractivity contribution in [2.45, 2.75) is 62.9 Å². The van der Waals surface area contributed by atoms with Gasteiger partial charge in [0.05, 0.1) is 24.9 Å². The highest BCUT2D eigenvalue weighted by Crippen LogP contribution is 2.52. The van der Waals surface area contributed by atoms with E-state index in [1.165, 1.54) is 11.9 Å². The zero-order valence-electron chi connectivity index (χ0n) is 25.7. The van der Waals surface area contributed by atoms with Gasteiger partial charge in [-0.2, -0.15) is 0 Å². The molecule has 13 nitrogen and oxygen atoms in total. The van der Waals surface area contributed by atoms with Gasteiger partial charge in [0.2, 0.25) is 0 Å². The fourth-order valence-corrected chi connectivity index (χ4v) is 7.70. The summed E-state index contributed by atoms with van der Waals surface area (Å²) in [6, 6.07) is 16.6. The number of ether oxygens (including phenoxy) is 3. The number of methoxy groups -OCH3 is 1. The Bertz CT molecular complexity index is 1450. The molecule has 14 heteroatoms. The van der Waals surface area contributed by atoms with E-state index in [2.05, 4.69) is 26.5 Å². The number of carbonyl (C=O) groups is 1. The summed E-state index contributed by atoms with van der Waals surface area (Å²) in [6.07, 6.45) is -0.984. The number of aliphatic hydroxyl groups excluding tert-OH is 1. The van der Waals surface area contributed by atoms with E-state index in [9.17, 15) is 5.11 Å². The van der Waals surface area contributed by atoms with Crippen LogP contribution in [0.3, 0.4) is 0 Å². The summed E-state index contributed by atoms with van der Waals surface area (Å²) in [7, 11) is 3.55. The third-order valence-electron chi connectivity index (χ3n) is 8.63. The summed E-state index contributed by atoms with van der Waals surface area (Å²) in [5.41, 5.74) is 1.73. The first-order valence-corrected chi connectivity index (χ1v) is 15.7. The molecule has 0 saturated carbocycles. The molecular weight excluding hydrogens is 584 g/mol. The number of anilines is 1. The van der Waals surface area contributed by atoms with Crippen LogP contribution in [0.4, 0.5) is 10.5 Å². The molecule has 0 radical (unpaired) electrons. The number of aromatic nitrogens is 3. The van der Waals surface area contributed by atoms with Crippen LogP contribution in [0.5, 0.6) is 5.75 Å². The smallest absolute Gasteiger partial charge is 0.376 e. The van der Waals surface area contributed by atoms with Gasteiger partial charge in [0, 0.05) is 32.2 Å². The number of urea groups is 1. The SMILES string of the molecule is COc1ccccc1C1CNCCN1C1N(c2ccccc2)C(=O)N(C(C)C(C)O)[N+]1(Sc1nncn1C)C1COC(C)O1. The molecule has 4 heterocycles. The molecule has 3 saturated heterocycles. The number of nitrogens with zero attached hydrogens (tertiary/aromatic N) is 7. The summed E-state index contributed by atoms with van der Waals surface area (Å²) in [6.45, 7) is 7.61. The van der Waals surface area contributed by atoms with Crippen LogP contribution < -0.4 is 15.0 Å². The normalized spacial score (nSPS) is 29.3. The molecule has 0 spiro atoms. The van der Waals surface area contributed by atoms with Crippen LogP contribution >= 0.6 is 11.9 Å². The first kappa shape index (κ1) is 30.8. The number of quaternary nitrogens is 1. The van der Waals surface area contributed by atoms with E-state index >= 15 is 4.79 Å². The van der Waals surface area contributed by atoms with E-state index in [1.807, 2.05) is 78.9 Å².